The smallest absolute Gasteiger partial charge is 0.411 e. The van der Waals surface area contributed by atoms with Gasteiger partial charge in [-0.1, -0.05) is 25.5 Å². The van der Waals surface area contributed by atoms with E-state index in [9.17, 15) is 9.59 Å². The van der Waals surface area contributed by atoms with Gasteiger partial charge in [0.2, 0.25) is 0 Å². The van der Waals surface area contributed by atoms with Gasteiger partial charge in [-0.2, -0.15) is 0 Å². The summed E-state index contributed by atoms with van der Waals surface area (Å²) in [6.45, 7) is 2.43. The van der Waals surface area contributed by atoms with Crippen LogP contribution >= 0.6 is 0 Å². The molecular formula is C14H19NO4. The Morgan fingerprint density at radius 2 is 2.11 bits per heavy atom. The summed E-state index contributed by atoms with van der Waals surface area (Å²) in [7, 11) is 1.34. The Morgan fingerprint density at radius 1 is 1.32 bits per heavy atom. The van der Waals surface area contributed by atoms with Crippen molar-refractivity contribution in [2.75, 3.05) is 19.0 Å². The standard InChI is InChI=1S/C14H19NO4/c1-3-4-8-19-14(17)15-12-7-5-6-11(9-12)10-13(16)18-2/h5-7,9H,3-4,8,10H2,1-2H3,(H,15,17). The number of methoxy groups -OCH3 is 1. The number of anilines is 1. The average Bonchev–Trinajstić information content (AvgIpc) is 2.39. The zero-order chi connectivity index (χ0) is 14.1. The molecule has 0 unspecified atom stereocenters. The fraction of sp³-hybridized carbons (Fsp3) is 0.429. The van der Waals surface area contributed by atoms with Crippen LogP contribution in [0.3, 0.4) is 0 Å². The average molecular weight is 265 g/mol. The van der Waals surface area contributed by atoms with Gasteiger partial charge in [-0.3, -0.25) is 10.1 Å². The van der Waals surface area contributed by atoms with Crippen LogP contribution in [0.4, 0.5) is 10.5 Å². The van der Waals surface area contributed by atoms with Crippen molar-refractivity contribution < 1.29 is 19.1 Å². The molecule has 5 nitrogen and oxygen atoms in total. The molecule has 1 aromatic rings. The van der Waals surface area contributed by atoms with Gasteiger partial charge in [0.1, 0.15) is 0 Å². The zero-order valence-electron chi connectivity index (χ0n) is 11.3. The van der Waals surface area contributed by atoms with E-state index in [1.54, 1.807) is 24.3 Å². The zero-order valence-corrected chi connectivity index (χ0v) is 11.3. The number of rotatable bonds is 6. The Labute approximate surface area is 112 Å². The second-order valence-electron chi connectivity index (χ2n) is 4.07. The van der Waals surface area contributed by atoms with E-state index < -0.39 is 6.09 Å². The highest BCUT2D eigenvalue weighted by molar-refractivity contribution is 5.85. The summed E-state index contributed by atoms with van der Waals surface area (Å²) < 4.78 is 9.58. The molecule has 1 N–H and O–H groups in total. The first kappa shape index (κ1) is 15.0. The van der Waals surface area contributed by atoms with Crippen molar-refractivity contribution in [2.24, 2.45) is 0 Å². The summed E-state index contributed by atoms with van der Waals surface area (Å²) in [6.07, 6.45) is 1.51. The molecule has 1 aromatic carbocycles. The lowest BCUT2D eigenvalue weighted by atomic mass is 10.1. The highest BCUT2D eigenvalue weighted by Crippen LogP contribution is 2.12. The molecule has 104 valence electrons. The van der Waals surface area contributed by atoms with Crippen LogP contribution in [0.5, 0.6) is 0 Å². The van der Waals surface area contributed by atoms with E-state index >= 15 is 0 Å². The topological polar surface area (TPSA) is 64.6 Å². The highest BCUT2D eigenvalue weighted by Gasteiger charge is 2.06. The Hall–Kier alpha value is -2.04. The number of ether oxygens (including phenoxy) is 2. The van der Waals surface area contributed by atoms with Gasteiger partial charge in [0.25, 0.3) is 0 Å². The fourth-order valence-corrected chi connectivity index (χ4v) is 1.46. The predicted octanol–water partition coefficient (Wildman–Crippen LogP) is 2.75. The second-order valence-corrected chi connectivity index (χ2v) is 4.07. The van der Waals surface area contributed by atoms with E-state index in [0.717, 1.165) is 18.4 Å². The molecule has 1 amide bonds. The van der Waals surface area contributed by atoms with Crippen molar-refractivity contribution in [3.8, 4) is 0 Å². The van der Waals surface area contributed by atoms with Crippen molar-refractivity contribution in [2.45, 2.75) is 26.2 Å². The van der Waals surface area contributed by atoms with Crippen LogP contribution in [0.1, 0.15) is 25.3 Å². The molecule has 0 radical (unpaired) electrons. The Balaban J connectivity index is 2.52. The van der Waals surface area contributed by atoms with Crippen molar-refractivity contribution in [3.63, 3.8) is 0 Å². The number of carbonyl (C=O) groups is 2. The molecule has 0 fully saturated rings. The van der Waals surface area contributed by atoms with E-state index in [4.69, 9.17) is 4.74 Å². The number of unbranched alkanes of at least 4 members (excludes halogenated alkanes) is 1. The van der Waals surface area contributed by atoms with Crippen LogP contribution in [-0.4, -0.2) is 25.8 Å². The third-order valence-electron chi connectivity index (χ3n) is 2.48. The van der Waals surface area contributed by atoms with E-state index in [1.165, 1.54) is 7.11 Å². The number of benzene rings is 1. The van der Waals surface area contributed by atoms with Crippen molar-refractivity contribution in [3.05, 3.63) is 29.8 Å². The summed E-state index contributed by atoms with van der Waals surface area (Å²) in [5.41, 5.74) is 1.38. The molecule has 0 heterocycles. The van der Waals surface area contributed by atoms with Crippen LogP contribution in [0, 0.1) is 0 Å². The number of amides is 1. The summed E-state index contributed by atoms with van der Waals surface area (Å²) in [5.74, 6) is -0.317. The molecule has 19 heavy (non-hydrogen) atoms. The van der Waals surface area contributed by atoms with Crippen LogP contribution in [-0.2, 0) is 20.7 Å². The molecule has 0 saturated heterocycles. The van der Waals surface area contributed by atoms with Crippen LogP contribution in [0.15, 0.2) is 24.3 Å². The lowest BCUT2D eigenvalue weighted by Gasteiger charge is -2.07. The molecular weight excluding hydrogens is 246 g/mol. The number of esters is 1. The number of nitrogens with one attached hydrogen (secondary N) is 1. The molecule has 0 saturated carbocycles. The molecule has 0 spiro atoms. The second kappa shape index (κ2) is 8.13. The molecule has 0 bridgehead atoms. The molecule has 5 heteroatoms. The normalized spacial score (nSPS) is 9.79. The molecule has 0 atom stereocenters. The minimum atomic E-state index is -0.483. The molecule has 0 aliphatic heterocycles. The van der Waals surface area contributed by atoms with Crippen molar-refractivity contribution >= 4 is 17.7 Å². The molecule has 0 aliphatic carbocycles. The minimum absolute atomic E-state index is 0.177. The first-order valence-electron chi connectivity index (χ1n) is 6.25. The Morgan fingerprint density at radius 3 is 2.79 bits per heavy atom. The minimum Gasteiger partial charge on any atom is -0.469 e. The fourth-order valence-electron chi connectivity index (χ4n) is 1.46. The van der Waals surface area contributed by atoms with Gasteiger partial charge in [-0.25, -0.2) is 4.79 Å². The highest BCUT2D eigenvalue weighted by atomic mass is 16.5. The summed E-state index contributed by atoms with van der Waals surface area (Å²) in [4.78, 5) is 22.6. The Kier molecular flexibility index (Phi) is 6.43. The number of carbonyl (C=O) groups excluding carboxylic acids is 2. The quantitative estimate of drug-likeness (QED) is 0.634. The maximum Gasteiger partial charge on any atom is 0.411 e. The predicted molar refractivity (Wildman–Crippen MR) is 72.0 cm³/mol. The van der Waals surface area contributed by atoms with Gasteiger partial charge in [0, 0.05) is 5.69 Å². The van der Waals surface area contributed by atoms with Crippen LogP contribution < -0.4 is 5.32 Å². The van der Waals surface area contributed by atoms with Crippen LogP contribution in [0.25, 0.3) is 0 Å². The van der Waals surface area contributed by atoms with E-state index in [-0.39, 0.29) is 12.4 Å². The molecule has 0 aliphatic rings. The molecule has 1 rings (SSSR count). The van der Waals surface area contributed by atoms with E-state index in [1.807, 2.05) is 6.92 Å². The number of hydrogen-bond acceptors (Lipinski definition) is 4. The van der Waals surface area contributed by atoms with Crippen molar-refractivity contribution in [1.82, 2.24) is 0 Å². The van der Waals surface area contributed by atoms with E-state index in [2.05, 4.69) is 10.1 Å². The maximum absolute atomic E-state index is 11.5. The van der Waals surface area contributed by atoms with Gasteiger partial charge in [0.15, 0.2) is 0 Å². The SMILES string of the molecule is CCCCOC(=O)Nc1cccc(CC(=O)OC)c1. The van der Waals surface area contributed by atoms with Gasteiger partial charge in [0.05, 0.1) is 20.1 Å². The summed E-state index contributed by atoms with van der Waals surface area (Å²) in [6, 6.07) is 7.02. The maximum atomic E-state index is 11.5. The first-order valence-corrected chi connectivity index (χ1v) is 6.25. The van der Waals surface area contributed by atoms with Gasteiger partial charge >= 0.3 is 12.1 Å². The molecule has 0 aromatic heterocycles. The third-order valence-corrected chi connectivity index (χ3v) is 2.48. The Bertz CT molecular complexity index is 431. The first-order chi connectivity index (χ1) is 9.15. The lowest BCUT2D eigenvalue weighted by Crippen LogP contribution is -2.14. The summed E-state index contributed by atoms with van der Waals surface area (Å²) in [5, 5.41) is 2.62. The van der Waals surface area contributed by atoms with Gasteiger partial charge in [-0.15, -0.1) is 0 Å². The van der Waals surface area contributed by atoms with Crippen LogP contribution in [0.2, 0.25) is 0 Å². The summed E-state index contributed by atoms with van der Waals surface area (Å²) >= 11 is 0. The number of hydrogen-bond donors (Lipinski definition) is 1. The third kappa shape index (κ3) is 5.90. The van der Waals surface area contributed by atoms with Crippen molar-refractivity contribution in [1.29, 1.82) is 0 Å². The largest absolute Gasteiger partial charge is 0.469 e. The van der Waals surface area contributed by atoms with E-state index in [0.29, 0.717) is 12.3 Å². The van der Waals surface area contributed by atoms with Gasteiger partial charge in [-0.05, 0) is 24.1 Å². The monoisotopic (exact) mass is 265 g/mol. The lowest BCUT2D eigenvalue weighted by molar-refractivity contribution is -0.139. The van der Waals surface area contributed by atoms with Gasteiger partial charge < -0.3 is 9.47 Å².